The maximum absolute atomic E-state index is 13.5. The van der Waals surface area contributed by atoms with Crippen LogP contribution in [0.15, 0.2) is 158 Å². The molecule has 0 unspecified atom stereocenters. The van der Waals surface area contributed by atoms with E-state index in [0.29, 0.717) is 22.6 Å². The molecule has 0 bridgehead atoms. The highest BCUT2D eigenvalue weighted by atomic mass is 16.5. The number of esters is 2. The van der Waals surface area contributed by atoms with Crippen LogP contribution in [0, 0.1) is 0 Å². The van der Waals surface area contributed by atoms with Gasteiger partial charge >= 0.3 is 11.9 Å². The second-order valence-corrected chi connectivity index (χ2v) is 11.9. The molecule has 0 atom stereocenters. The molecule has 4 heteroatoms. The molecule has 4 nitrogen and oxygen atoms in total. The van der Waals surface area contributed by atoms with Gasteiger partial charge in [-0.05, 0) is 90.3 Å². The molecule has 9 rings (SSSR count). The van der Waals surface area contributed by atoms with Gasteiger partial charge in [-0.2, -0.15) is 0 Å². The van der Waals surface area contributed by atoms with Crippen molar-refractivity contribution >= 4 is 76.6 Å². The van der Waals surface area contributed by atoms with Gasteiger partial charge in [-0.25, -0.2) is 9.59 Å². The van der Waals surface area contributed by atoms with Gasteiger partial charge < -0.3 is 9.47 Å². The first-order valence-electron chi connectivity index (χ1n) is 15.8. The predicted octanol–water partition coefficient (Wildman–Crippen LogP) is 11.0. The van der Waals surface area contributed by atoms with Gasteiger partial charge in [-0.15, -0.1) is 0 Å². The summed E-state index contributed by atoms with van der Waals surface area (Å²) in [6.45, 7) is 0. The first-order valence-corrected chi connectivity index (χ1v) is 15.8. The molecule has 0 aromatic heterocycles. The van der Waals surface area contributed by atoms with E-state index in [4.69, 9.17) is 9.47 Å². The summed E-state index contributed by atoms with van der Waals surface area (Å²) in [4.78, 5) is 26.9. The van der Waals surface area contributed by atoms with Gasteiger partial charge in [0.05, 0.1) is 11.1 Å². The zero-order valence-electron chi connectivity index (χ0n) is 25.6. The maximum atomic E-state index is 13.5. The first-order chi connectivity index (χ1) is 23.7. The van der Waals surface area contributed by atoms with E-state index >= 15 is 0 Å². The normalized spacial score (nSPS) is 11.5. The number of hydrogen-bond acceptors (Lipinski definition) is 4. The van der Waals surface area contributed by atoms with Gasteiger partial charge in [0.1, 0.15) is 11.5 Å². The number of fused-ring (bicyclic) bond motifs is 12. The predicted molar refractivity (Wildman–Crippen MR) is 194 cm³/mol. The molecule has 48 heavy (non-hydrogen) atoms. The van der Waals surface area contributed by atoms with E-state index in [-0.39, 0.29) is 0 Å². The van der Waals surface area contributed by atoms with Crippen LogP contribution in [0.3, 0.4) is 0 Å². The highest BCUT2D eigenvalue weighted by Crippen LogP contribution is 2.41. The third-order valence-corrected chi connectivity index (χ3v) is 9.22. The summed E-state index contributed by atoms with van der Waals surface area (Å²) in [6, 6.07) is 50.9. The van der Waals surface area contributed by atoms with Crippen molar-refractivity contribution in [3.63, 3.8) is 0 Å². The van der Waals surface area contributed by atoms with Crippen molar-refractivity contribution in [3.8, 4) is 11.5 Å². The van der Waals surface area contributed by atoms with Crippen molar-refractivity contribution in [3.05, 3.63) is 169 Å². The lowest BCUT2D eigenvalue weighted by atomic mass is 9.94. The molecular weight excluding hydrogens is 592 g/mol. The van der Waals surface area contributed by atoms with Crippen LogP contribution in [0.2, 0.25) is 0 Å². The Balaban J connectivity index is 1.04. The van der Waals surface area contributed by atoms with E-state index in [1.807, 2.05) is 72.8 Å². The maximum Gasteiger partial charge on any atom is 0.343 e. The third kappa shape index (κ3) is 4.38. The Morgan fingerprint density at radius 3 is 0.854 bits per heavy atom. The summed E-state index contributed by atoms with van der Waals surface area (Å²) in [7, 11) is 0. The van der Waals surface area contributed by atoms with Crippen molar-refractivity contribution in [2.45, 2.75) is 0 Å². The Labute approximate surface area is 275 Å². The summed E-state index contributed by atoms with van der Waals surface area (Å²) >= 11 is 0. The first kappa shape index (κ1) is 27.8. The van der Waals surface area contributed by atoms with E-state index in [0.717, 1.165) is 64.6 Å². The lowest BCUT2D eigenvalue weighted by molar-refractivity contribution is 0.0723. The standard InChI is InChI=1S/C44H26O4/c45-43(47-39-21-9-19-37-33-13-3-1-11-29(33)31-15-5-7-17-35(31)41(37)39)27-23-25-28(26-24-27)44(46)48-40-22-10-20-38-34-14-4-2-12-30(34)32-16-6-8-18-36(32)42(38)40/h1-26H. The van der Waals surface area contributed by atoms with Crippen molar-refractivity contribution in [1.82, 2.24) is 0 Å². The third-order valence-electron chi connectivity index (χ3n) is 9.22. The Morgan fingerprint density at radius 1 is 0.292 bits per heavy atom. The SMILES string of the molecule is O=C(Oc1cccc2c3ccccc3c3ccccc3c12)c1ccc(C(=O)Oc2cccc3c4ccccc4c4ccccc4c23)cc1. The van der Waals surface area contributed by atoms with Gasteiger partial charge in [0, 0.05) is 10.8 Å². The van der Waals surface area contributed by atoms with Crippen molar-refractivity contribution in [2.75, 3.05) is 0 Å². The molecule has 0 saturated heterocycles. The molecule has 0 spiro atoms. The summed E-state index contributed by atoms with van der Waals surface area (Å²) < 4.78 is 12.1. The minimum absolute atomic E-state index is 0.330. The molecule has 0 heterocycles. The van der Waals surface area contributed by atoms with E-state index in [1.54, 1.807) is 24.3 Å². The molecule has 226 valence electrons. The van der Waals surface area contributed by atoms with E-state index in [2.05, 4.69) is 60.7 Å². The van der Waals surface area contributed by atoms with Crippen molar-refractivity contribution < 1.29 is 19.1 Å². The van der Waals surface area contributed by atoms with E-state index in [1.165, 1.54) is 0 Å². The van der Waals surface area contributed by atoms with Crippen LogP contribution >= 0.6 is 0 Å². The number of hydrogen-bond donors (Lipinski definition) is 0. The highest BCUT2D eigenvalue weighted by Gasteiger charge is 2.18. The molecule has 0 aliphatic rings. The molecule has 0 fully saturated rings. The fourth-order valence-corrected chi connectivity index (χ4v) is 7.07. The van der Waals surface area contributed by atoms with Crippen LogP contribution in [0.5, 0.6) is 11.5 Å². The lowest BCUT2D eigenvalue weighted by Crippen LogP contribution is -2.11. The molecule has 9 aromatic carbocycles. The Bertz CT molecular complexity index is 2480. The Morgan fingerprint density at radius 2 is 0.542 bits per heavy atom. The number of carbonyl (C=O) groups is 2. The molecular formula is C44H26O4. The quantitative estimate of drug-likeness (QED) is 0.112. The van der Waals surface area contributed by atoms with Crippen LogP contribution < -0.4 is 9.47 Å². The summed E-state index contributed by atoms with van der Waals surface area (Å²) in [5.41, 5.74) is 0.660. The molecule has 0 aliphatic heterocycles. The van der Waals surface area contributed by atoms with Crippen LogP contribution in [0.1, 0.15) is 20.7 Å². The fourth-order valence-electron chi connectivity index (χ4n) is 7.07. The highest BCUT2D eigenvalue weighted by molar-refractivity contribution is 6.28. The lowest BCUT2D eigenvalue weighted by Gasteiger charge is -2.14. The van der Waals surface area contributed by atoms with Gasteiger partial charge in [-0.3, -0.25) is 0 Å². The van der Waals surface area contributed by atoms with Gasteiger partial charge in [0.15, 0.2) is 0 Å². The largest absolute Gasteiger partial charge is 0.422 e. The van der Waals surface area contributed by atoms with Crippen LogP contribution in [-0.2, 0) is 0 Å². The van der Waals surface area contributed by atoms with Gasteiger partial charge in [-0.1, -0.05) is 121 Å². The Kier molecular flexibility index (Phi) is 6.41. The smallest absolute Gasteiger partial charge is 0.343 e. The molecule has 0 saturated carbocycles. The molecule has 0 amide bonds. The average molecular weight is 619 g/mol. The molecule has 0 radical (unpaired) electrons. The number of benzene rings is 9. The molecule has 0 aliphatic carbocycles. The zero-order chi connectivity index (χ0) is 32.2. The second-order valence-electron chi connectivity index (χ2n) is 11.9. The summed E-state index contributed by atoms with van der Waals surface area (Å²) in [5.74, 6) is -0.0450. The van der Waals surface area contributed by atoms with Gasteiger partial charge in [0.2, 0.25) is 0 Å². The van der Waals surface area contributed by atoms with E-state index in [9.17, 15) is 9.59 Å². The monoisotopic (exact) mass is 618 g/mol. The number of ether oxygens (including phenoxy) is 2. The minimum atomic E-state index is -0.507. The second kappa shape index (κ2) is 11.1. The zero-order valence-corrected chi connectivity index (χ0v) is 25.6. The molecule has 9 aromatic rings. The van der Waals surface area contributed by atoms with Crippen molar-refractivity contribution in [1.29, 1.82) is 0 Å². The van der Waals surface area contributed by atoms with Crippen LogP contribution in [0.4, 0.5) is 0 Å². The topological polar surface area (TPSA) is 52.6 Å². The molecule has 0 N–H and O–H groups in total. The van der Waals surface area contributed by atoms with Crippen LogP contribution in [0.25, 0.3) is 64.6 Å². The van der Waals surface area contributed by atoms with Gasteiger partial charge in [0.25, 0.3) is 0 Å². The summed E-state index contributed by atoms with van der Waals surface area (Å²) in [5, 5.41) is 12.5. The number of carbonyl (C=O) groups excluding carboxylic acids is 2. The average Bonchev–Trinajstić information content (AvgIpc) is 3.15. The number of rotatable bonds is 4. The summed E-state index contributed by atoms with van der Waals surface area (Å²) in [6.07, 6.45) is 0. The Hall–Kier alpha value is -6.52. The van der Waals surface area contributed by atoms with E-state index < -0.39 is 11.9 Å². The minimum Gasteiger partial charge on any atom is -0.422 e. The van der Waals surface area contributed by atoms with Crippen LogP contribution in [-0.4, -0.2) is 11.9 Å². The van der Waals surface area contributed by atoms with Crippen molar-refractivity contribution in [2.24, 2.45) is 0 Å². The fraction of sp³-hybridized carbons (Fsp3) is 0.